The normalized spacial score (nSPS) is 22.6. The van der Waals surface area contributed by atoms with Crippen LogP contribution in [0, 0.1) is 0 Å². The molecular formula is C15H16O. The molecule has 0 N–H and O–H groups in total. The van der Waals surface area contributed by atoms with E-state index in [9.17, 15) is 0 Å². The van der Waals surface area contributed by atoms with Crippen LogP contribution in [0.1, 0.15) is 36.3 Å². The van der Waals surface area contributed by atoms with E-state index in [1.807, 2.05) is 0 Å². The number of hydrogen-bond donors (Lipinski definition) is 0. The summed E-state index contributed by atoms with van der Waals surface area (Å²) >= 11 is 0. The number of hydrogen-bond acceptors (Lipinski definition) is 1. The highest BCUT2D eigenvalue weighted by Gasteiger charge is 2.18. The zero-order valence-electron chi connectivity index (χ0n) is 9.36. The Bertz CT molecular complexity index is 443. The molecule has 1 unspecified atom stereocenters. The van der Waals surface area contributed by atoms with E-state index in [0.29, 0.717) is 12.5 Å². The first-order chi connectivity index (χ1) is 7.95. The number of allylic oxidation sites excluding steroid dienone is 2. The van der Waals surface area contributed by atoms with Crippen LogP contribution in [0.4, 0.5) is 0 Å². The summed E-state index contributed by atoms with van der Waals surface area (Å²) in [5, 5.41) is 0. The SMILES string of the molecule is C1=CC(c2cccc3c2OCC=C3)CCC1. The Morgan fingerprint density at radius 3 is 3.06 bits per heavy atom. The fraction of sp³-hybridized carbons (Fsp3) is 0.333. The minimum atomic E-state index is 0.551. The second-order valence-corrected chi connectivity index (χ2v) is 4.44. The van der Waals surface area contributed by atoms with Crippen molar-refractivity contribution in [2.45, 2.75) is 25.2 Å². The number of benzene rings is 1. The van der Waals surface area contributed by atoms with Crippen molar-refractivity contribution in [2.24, 2.45) is 0 Å². The van der Waals surface area contributed by atoms with E-state index in [2.05, 4.69) is 42.5 Å². The lowest BCUT2D eigenvalue weighted by molar-refractivity contribution is 0.352. The first-order valence-electron chi connectivity index (χ1n) is 6.04. The lowest BCUT2D eigenvalue weighted by Crippen LogP contribution is -2.07. The number of ether oxygens (including phenoxy) is 1. The van der Waals surface area contributed by atoms with Crippen molar-refractivity contribution in [3.8, 4) is 5.75 Å². The van der Waals surface area contributed by atoms with Crippen molar-refractivity contribution in [1.82, 2.24) is 0 Å². The van der Waals surface area contributed by atoms with Crippen molar-refractivity contribution >= 4 is 6.08 Å². The van der Waals surface area contributed by atoms with E-state index in [1.165, 1.54) is 30.4 Å². The Labute approximate surface area is 96.4 Å². The van der Waals surface area contributed by atoms with E-state index < -0.39 is 0 Å². The predicted molar refractivity (Wildman–Crippen MR) is 66.7 cm³/mol. The Balaban J connectivity index is 2.03. The van der Waals surface area contributed by atoms with Gasteiger partial charge in [-0.05, 0) is 25.3 Å². The molecule has 0 fully saturated rings. The largest absolute Gasteiger partial charge is 0.489 e. The van der Waals surface area contributed by atoms with Crippen molar-refractivity contribution < 1.29 is 4.74 Å². The highest BCUT2D eigenvalue weighted by molar-refractivity contribution is 5.62. The van der Waals surface area contributed by atoms with Gasteiger partial charge in [0.1, 0.15) is 12.4 Å². The summed E-state index contributed by atoms with van der Waals surface area (Å²) in [4.78, 5) is 0. The summed E-state index contributed by atoms with van der Waals surface area (Å²) in [6.07, 6.45) is 12.6. The Morgan fingerprint density at radius 2 is 2.19 bits per heavy atom. The van der Waals surface area contributed by atoms with Gasteiger partial charge in [0.25, 0.3) is 0 Å². The van der Waals surface area contributed by atoms with Crippen molar-refractivity contribution in [1.29, 1.82) is 0 Å². The molecule has 16 heavy (non-hydrogen) atoms. The van der Waals surface area contributed by atoms with Crippen LogP contribution < -0.4 is 4.74 Å². The fourth-order valence-corrected chi connectivity index (χ4v) is 2.54. The molecule has 0 spiro atoms. The monoisotopic (exact) mass is 212 g/mol. The van der Waals surface area contributed by atoms with Crippen LogP contribution in [0.3, 0.4) is 0 Å². The van der Waals surface area contributed by atoms with Crippen molar-refractivity contribution in [3.63, 3.8) is 0 Å². The molecule has 0 aromatic heterocycles. The molecule has 0 amide bonds. The van der Waals surface area contributed by atoms with Gasteiger partial charge in [0.15, 0.2) is 0 Å². The van der Waals surface area contributed by atoms with Gasteiger partial charge in [-0.1, -0.05) is 36.4 Å². The van der Waals surface area contributed by atoms with Gasteiger partial charge < -0.3 is 4.74 Å². The highest BCUT2D eigenvalue weighted by atomic mass is 16.5. The number of fused-ring (bicyclic) bond motifs is 1. The van der Waals surface area contributed by atoms with Gasteiger partial charge in [-0.3, -0.25) is 0 Å². The Kier molecular flexibility index (Phi) is 2.53. The minimum absolute atomic E-state index is 0.551. The molecule has 1 aromatic carbocycles. The third-order valence-corrected chi connectivity index (χ3v) is 3.35. The van der Waals surface area contributed by atoms with Crippen molar-refractivity contribution in [2.75, 3.05) is 6.61 Å². The smallest absolute Gasteiger partial charge is 0.130 e. The molecule has 0 saturated carbocycles. The van der Waals surface area contributed by atoms with Gasteiger partial charge in [-0.25, -0.2) is 0 Å². The van der Waals surface area contributed by atoms with Crippen LogP contribution in [-0.4, -0.2) is 6.61 Å². The standard InChI is InChI=1S/C15H16O/c1-2-6-12(7-3-1)14-10-4-8-13-9-5-11-16-15(13)14/h2,4-6,8-10,12H,1,3,7,11H2. The van der Waals surface area contributed by atoms with Crippen LogP contribution in [-0.2, 0) is 0 Å². The fourth-order valence-electron chi connectivity index (χ4n) is 2.54. The molecule has 1 aliphatic heterocycles. The molecule has 1 nitrogen and oxygen atoms in total. The molecule has 1 aromatic rings. The summed E-state index contributed by atoms with van der Waals surface area (Å²) in [5.41, 5.74) is 2.58. The minimum Gasteiger partial charge on any atom is -0.489 e. The van der Waals surface area contributed by atoms with E-state index >= 15 is 0 Å². The van der Waals surface area contributed by atoms with E-state index in [1.54, 1.807) is 0 Å². The van der Waals surface area contributed by atoms with Crippen molar-refractivity contribution in [3.05, 3.63) is 47.6 Å². The zero-order valence-corrected chi connectivity index (χ0v) is 9.36. The molecule has 0 radical (unpaired) electrons. The van der Waals surface area contributed by atoms with Crippen LogP contribution in [0.25, 0.3) is 6.08 Å². The number of rotatable bonds is 1. The molecule has 0 saturated heterocycles. The third-order valence-electron chi connectivity index (χ3n) is 3.35. The maximum atomic E-state index is 5.79. The lowest BCUT2D eigenvalue weighted by atomic mass is 9.87. The van der Waals surface area contributed by atoms with E-state index in [4.69, 9.17) is 4.74 Å². The van der Waals surface area contributed by atoms with E-state index in [0.717, 1.165) is 5.75 Å². The molecule has 3 rings (SSSR count). The molecule has 2 aliphatic rings. The summed E-state index contributed by atoms with van der Waals surface area (Å²) in [6, 6.07) is 6.47. The highest BCUT2D eigenvalue weighted by Crippen LogP contribution is 2.37. The average Bonchev–Trinajstić information content (AvgIpc) is 2.39. The zero-order chi connectivity index (χ0) is 10.8. The van der Waals surface area contributed by atoms with Crippen LogP contribution in [0.15, 0.2) is 36.4 Å². The predicted octanol–water partition coefficient (Wildman–Crippen LogP) is 3.92. The summed E-state index contributed by atoms with van der Waals surface area (Å²) < 4.78 is 5.79. The third kappa shape index (κ3) is 1.67. The van der Waals surface area contributed by atoms with Gasteiger partial charge in [-0.2, -0.15) is 0 Å². The maximum Gasteiger partial charge on any atom is 0.130 e. The summed E-state index contributed by atoms with van der Waals surface area (Å²) in [5.74, 6) is 1.65. The Morgan fingerprint density at radius 1 is 1.19 bits per heavy atom. The van der Waals surface area contributed by atoms with Gasteiger partial charge in [0, 0.05) is 17.0 Å². The molecule has 82 valence electrons. The van der Waals surface area contributed by atoms with Gasteiger partial charge in [0.05, 0.1) is 0 Å². The Hall–Kier alpha value is -1.50. The molecule has 1 atom stereocenters. The van der Waals surface area contributed by atoms with Gasteiger partial charge in [0.2, 0.25) is 0 Å². The van der Waals surface area contributed by atoms with Gasteiger partial charge in [-0.15, -0.1) is 0 Å². The first-order valence-corrected chi connectivity index (χ1v) is 6.04. The lowest BCUT2D eigenvalue weighted by Gasteiger charge is -2.22. The van der Waals surface area contributed by atoms with Gasteiger partial charge >= 0.3 is 0 Å². The van der Waals surface area contributed by atoms with Crippen LogP contribution in [0.2, 0.25) is 0 Å². The average molecular weight is 212 g/mol. The molecule has 0 bridgehead atoms. The molecular weight excluding hydrogens is 196 g/mol. The van der Waals surface area contributed by atoms with Crippen LogP contribution in [0.5, 0.6) is 5.75 Å². The summed E-state index contributed by atoms with van der Waals surface area (Å²) in [6.45, 7) is 0.709. The number of para-hydroxylation sites is 1. The second kappa shape index (κ2) is 4.17. The maximum absolute atomic E-state index is 5.79. The van der Waals surface area contributed by atoms with Crippen LogP contribution >= 0.6 is 0 Å². The molecule has 1 heterocycles. The second-order valence-electron chi connectivity index (χ2n) is 4.44. The molecule has 1 aliphatic carbocycles. The topological polar surface area (TPSA) is 9.23 Å². The van der Waals surface area contributed by atoms with E-state index in [-0.39, 0.29) is 0 Å². The quantitative estimate of drug-likeness (QED) is 0.641. The summed E-state index contributed by atoms with van der Waals surface area (Å²) in [7, 11) is 0. The molecule has 1 heteroatoms. The first kappa shape index (κ1) is 9.71.